The van der Waals surface area contributed by atoms with E-state index in [1.54, 1.807) is 24.3 Å². The fourth-order valence-electron chi connectivity index (χ4n) is 1.19. The van der Waals surface area contributed by atoms with Crippen LogP contribution in [0.15, 0.2) is 24.3 Å². The lowest BCUT2D eigenvalue weighted by Gasteiger charge is -2.21. The number of aliphatic carboxylic acids is 1. The van der Waals surface area contributed by atoms with Gasteiger partial charge in [0.15, 0.2) is 0 Å². The van der Waals surface area contributed by atoms with Crippen LogP contribution in [0.1, 0.15) is 19.4 Å². The quantitative estimate of drug-likeness (QED) is 0.709. The van der Waals surface area contributed by atoms with Gasteiger partial charge in [-0.05, 0) is 32.0 Å². The van der Waals surface area contributed by atoms with E-state index in [-0.39, 0.29) is 0 Å². The largest absolute Gasteiger partial charge is 0.480 e. The molecule has 0 saturated heterocycles. The number of rotatable bonds is 3. The Morgan fingerprint density at radius 1 is 1.39 bits per heavy atom. The molecular weight excluding hydrogens is 232 g/mol. The van der Waals surface area contributed by atoms with E-state index in [0.717, 1.165) is 0 Å². The number of hydrogen-bond donors (Lipinski definition) is 3. The van der Waals surface area contributed by atoms with Crippen molar-refractivity contribution < 1.29 is 14.7 Å². The highest BCUT2D eigenvalue weighted by molar-refractivity contribution is 5.93. The zero-order valence-electron chi connectivity index (χ0n) is 10.2. The van der Waals surface area contributed by atoms with Crippen molar-refractivity contribution in [1.29, 1.82) is 0 Å². The normalized spacial score (nSPS) is 10.3. The fraction of sp³-hybridized carbons (Fsp3) is 0.231. The number of carboxylic acid groups (broad SMARTS) is 1. The predicted molar refractivity (Wildman–Crippen MR) is 68.2 cm³/mol. The molecule has 0 aliphatic heterocycles. The molecule has 0 unspecified atom stereocenters. The second kappa shape index (κ2) is 5.23. The van der Waals surface area contributed by atoms with Gasteiger partial charge in [-0.15, -0.1) is 6.42 Å². The van der Waals surface area contributed by atoms with Gasteiger partial charge in [-0.2, -0.15) is 0 Å². The van der Waals surface area contributed by atoms with Crippen LogP contribution in [0.2, 0.25) is 0 Å². The Morgan fingerprint density at radius 2 is 2.06 bits per heavy atom. The Labute approximate surface area is 105 Å². The maximum Gasteiger partial charge on any atom is 0.328 e. The number of terminal acetylenes is 1. The van der Waals surface area contributed by atoms with Crippen molar-refractivity contribution in [1.82, 2.24) is 5.32 Å². The van der Waals surface area contributed by atoms with Gasteiger partial charge in [0.1, 0.15) is 5.54 Å². The van der Waals surface area contributed by atoms with Gasteiger partial charge in [0.2, 0.25) is 0 Å². The third kappa shape index (κ3) is 3.52. The number of carbonyl (C=O) groups excluding carboxylic acids is 1. The molecular formula is C13H14N2O3. The van der Waals surface area contributed by atoms with Crippen LogP contribution in [-0.2, 0) is 4.79 Å². The topological polar surface area (TPSA) is 78.4 Å². The monoisotopic (exact) mass is 246 g/mol. The number of amides is 2. The van der Waals surface area contributed by atoms with E-state index in [4.69, 9.17) is 11.5 Å². The number of benzene rings is 1. The zero-order chi connectivity index (χ0) is 13.8. The fourth-order valence-corrected chi connectivity index (χ4v) is 1.19. The molecule has 0 saturated carbocycles. The second-order valence-electron chi connectivity index (χ2n) is 4.23. The summed E-state index contributed by atoms with van der Waals surface area (Å²) in [6.07, 6.45) is 5.23. The van der Waals surface area contributed by atoms with Crippen LogP contribution in [0, 0.1) is 12.3 Å². The van der Waals surface area contributed by atoms with E-state index >= 15 is 0 Å². The minimum Gasteiger partial charge on any atom is -0.480 e. The number of nitrogens with one attached hydrogen (secondary N) is 2. The third-order valence-electron chi connectivity index (χ3n) is 2.25. The molecule has 0 aliphatic rings. The molecule has 18 heavy (non-hydrogen) atoms. The van der Waals surface area contributed by atoms with Gasteiger partial charge in [0, 0.05) is 11.3 Å². The number of hydrogen-bond acceptors (Lipinski definition) is 2. The van der Waals surface area contributed by atoms with E-state index < -0.39 is 17.5 Å². The lowest BCUT2D eigenvalue weighted by atomic mass is 10.1. The summed E-state index contributed by atoms with van der Waals surface area (Å²) in [6, 6.07) is 6.11. The maximum absolute atomic E-state index is 11.6. The molecule has 0 aliphatic carbocycles. The van der Waals surface area contributed by atoms with E-state index in [2.05, 4.69) is 16.6 Å². The van der Waals surface area contributed by atoms with E-state index in [1.165, 1.54) is 13.8 Å². The number of carbonyl (C=O) groups is 2. The lowest BCUT2D eigenvalue weighted by molar-refractivity contribution is -0.142. The SMILES string of the molecule is C#Cc1cccc(NC(=O)NC(C)(C)C(=O)O)c1. The van der Waals surface area contributed by atoms with E-state index in [9.17, 15) is 9.59 Å². The molecule has 0 radical (unpaired) electrons. The molecule has 0 spiro atoms. The standard InChI is InChI=1S/C13H14N2O3/c1-4-9-6-5-7-10(8-9)14-12(18)15-13(2,3)11(16)17/h1,5-8H,2-3H3,(H,16,17)(H2,14,15,18). The molecule has 1 aromatic carbocycles. The highest BCUT2D eigenvalue weighted by Gasteiger charge is 2.28. The first kappa shape index (κ1) is 13.6. The summed E-state index contributed by atoms with van der Waals surface area (Å²) in [5, 5.41) is 13.7. The van der Waals surface area contributed by atoms with E-state index in [0.29, 0.717) is 11.3 Å². The molecule has 5 nitrogen and oxygen atoms in total. The summed E-state index contributed by atoms with van der Waals surface area (Å²) in [7, 11) is 0. The maximum atomic E-state index is 11.6. The van der Waals surface area contributed by atoms with Crippen LogP contribution >= 0.6 is 0 Å². The van der Waals surface area contributed by atoms with Gasteiger partial charge in [0.05, 0.1) is 0 Å². The van der Waals surface area contributed by atoms with Crippen LogP contribution in [0.3, 0.4) is 0 Å². The van der Waals surface area contributed by atoms with Crippen LogP contribution in [0.4, 0.5) is 10.5 Å². The molecule has 1 aromatic rings. The molecule has 5 heteroatoms. The van der Waals surface area contributed by atoms with Crippen molar-refractivity contribution in [3.05, 3.63) is 29.8 Å². The number of carboxylic acids is 1. The summed E-state index contributed by atoms with van der Waals surface area (Å²) in [6.45, 7) is 2.79. The van der Waals surface area contributed by atoms with Crippen LogP contribution < -0.4 is 10.6 Å². The van der Waals surface area contributed by atoms with Crippen LogP contribution in [0.5, 0.6) is 0 Å². The highest BCUT2D eigenvalue weighted by Crippen LogP contribution is 2.10. The average molecular weight is 246 g/mol. The Kier molecular flexibility index (Phi) is 3.95. The smallest absolute Gasteiger partial charge is 0.328 e. The molecule has 94 valence electrons. The first-order chi connectivity index (χ1) is 8.35. The van der Waals surface area contributed by atoms with Gasteiger partial charge in [-0.3, -0.25) is 0 Å². The van der Waals surface area contributed by atoms with Crippen LogP contribution in [-0.4, -0.2) is 22.6 Å². The Hall–Kier alpha value is -2.48. The number of anilines is 1. The molecule has 0 aromatic heterocycles. The Balaban J connectivity index is 2.71. The molecule has 0 fully saturated rings. The van der Waals surface area contributed by atoms with Crippen molar-refractivity contribution in [2.75, 3.05) is 5.32 Å². The third-order valence-corrected chi connectivity index (χ3v) is 2.25. The summed E-state index contributed by atoms with van der Waals surface area (Å²) >= 11 is 0. The molecule has 2 amide bonds. The Morgan fingerprint density at radius 3 is 2.61 bits per heavy atom. The minimum atomic E-state index is -1.34. The molecule has 1 rings (SSSR count). The van der Waals surface area contributed by atoms with E-state index in [1.807, 2.05) is 0 Å². The average Bonchev–Trinajstić information content (AvgIpc) is 2.28. The predicted octanol–water partition coefficient (Wildman–Crippen LogP) is 1.65. The lowest BCUT2D eigenvalue weighted by Crippen LogP contribution is -2.51. The summed E-state index contributed by atoms with van der Waals surface area (Å²) in [5.41, 5.74) is -0.206. The minimum absolute atomic E-state index is 0.504. The van der Waals surface area contributed by atoms with Gasteiger partial charge < -0.3 is 15.7 Å². The van der Waals surface area contributed by atoms with Crippen LogP contribution in [0.25, 0.3) is 0 Å². The number of urea groups is 1. The molecule has 0 bridgehead atoms. The summed E-state index contributed by atoms with van der Waals surface area (Å²) in [5.74, 6) is 1.33. The first-order valence-corrected chi connectivity index (χ1v) is 5.24. The summed E-state index contributed by atoms with van der Waals surface area (Å²) < 4.78 is 0. The van der Waals surface area contributed by atoms with Crippen molar-refractivity contribution in [2.45, 2.75) is 19.4 Å². The van der Waals surface area contributed by atoms with Gasteiger partial charge in [-0.25, -0.2) is 9.59 Å². The molecule has 0 atom stereocenters. The van der Waals surface area contributed by atoms with Crippen molar-refractivity contribution >= 4 is 17.7 Å². The van der Waals surface area contributed by atoms with Crippen molar-refractivity contribution in [3.63, 3.8) is 0 Å². The van der Waals surface area contributed by atoms with Gasteiger partial charge >= 0.3 is 12.0 Å². The zero-order valence-corrected chi connectivity index (χ0v) is 10.2. The summed E-state index contributed by atoms with van der Waals surface area (Å²) in [4.78, 5) is 22.4. The highest BCUT2D eigenvalue weighted by atomic mass is 16.4. The van der Waals surface area contributed by atoms with Crippen molar-refractivity contribution in [3.8, 4) is 12.3 Å². The molecule has 0 heterocycles. The molecule has 3 N–H and O–H groups in total. The van der Waals surface area contributed by atoms with Crippen molar-refractivity contribution in [2.24, 2.45) is 0 Å². The Bertz CT molecular complexity index is 515. The first-order valence-electron chi connectivity index (χ1n) is 5.24. The van der Waals surface area contributed by atoms with Gasteiger partial charge in [-0.1, -0.05) is 12.0 Å². The van der Waals surface area contributed by atoms with Gasteiger partial charge in [0.25, 0.3) is 0 Å². The second-order valence-corrected chi connectivity index (χ2v) is 4.23.